The lowest BCUT2D eigenvalue weighted by molar-refractivity contribution is -0.195. The number of ether oxygens (including phenoxy) is 5. The summed E-state index contributed by atoms with van der Waals surface area (Å²) >= 11 is 3.49. The number of aliphatic carboxylic acids is 1. The van der Waals surface area contributed by atoms with E-state index in [1.807, 2.05) is 6.92 Å². The number of hydrogen-bond acceptors (Lipinski definition) is 13. The minimum atomic E-state index is -1.25. The molecule has 20 heteroatoms. The van der Waals surface area contributed by atoms with Crippen molar-refractivity contribution in [3.8, 4) is 11.5 Å². The third-order valence-electron chi connectivity index (χ3n) is 8.70. The molecule has 0 spiro atoms. The number of carboxylic acid groups (broad SMARTS) is 1. The molecule has 2 fully saturated rings. The highest BCUT2D eigenvalue weighted by Crippen LogP contribution is 2.32. The molecule has 0 aliphatic carbocycles. The van der Waals surface area contributed by atoms with E-state index in [9.17, 15) is 34.2 Å². The standard InChI is InChI=1S/C37H44BrN7O12/c1-21-9-30(28(13-27(21)38)43-36(51)44-32-16-40-22(2)14-41-32)54-19-26-17-45(7-8-53-26)37(52)55-18-23-3-4-29(24(10-23)15-42-33(48)5-6-39-20-46)56-34-12-25(47)11-31(57-34)35(49)50/h3-4,9-10,13-14,16,20,25-26,31,34,47H,5-8,11-12,15,17-19H2,1-2H3,(H,39,46)(H,42,48)(H,49,50)(H2,41,43,44,51). The Balaban J connectivity index is 1.18. The predicted molar refractivity (Wildman–Crippen MR) is 204 cm³/mol. The summed E-state index contributed by atoms with van der Waals surface area (Å²) in [4.78, 5) is 70.2. The number of nitrogens with zero attached hydrogens (tertiary/aromatic N) is 3. The number of anilines is 2. The van der Waals surface area contributed by atoms with Gasteiger partial charge >= 0.3 is 18.1 Å². The molecule has 4 atom stereocenters. The number of aliphatic hydroxyl groups excluding tert-OH is 1. The van der Waals surface area contributed by atoms with Crippen LogP contribution in [0.15, 0.2) is 47.2 Å². The van der Waals surface area contributed by atoms with Gasteiger partial charge in [0.05, 0.1) is 43.0 Å². The van der Waals surface area contributed by atoms with E-state index in [1.165, 1.54) is 17.3 Å². The topological polar surface area (TPSA) is 249 Å². The maximum absolute atomic E-state index is 13.2. The summed E-state index contributed by atoms with van der Waals surface area (Å²) in [5.41, 5.74) is 2.98. The maximum Gasteiger partial charge on any atom is 0.410 e. The molecule has 4 unspecified atom stereocenters. The Labute approximate surface area is 335 Å². The van der Waals surface area contributed by atoms with Gasteiger partial charge in [-0.15, -0.1) is 0 Å². The zero-order valence-electron chi connectivity index (χ0n) is 31.2. The average Bonchev–Trinajstić information content (AvgIpc) is 3.18. The summed E-state index contributed by atoms with van der Waals surface area (Å²) in [7, 11) is 0. The zero-order valence-corrected chi connectivity index (χ0v) is 32.8. The number of carbonyl (C=O) groups is 5. The van der Waals surface area contributed by atoms with E-state index in [1.54, 1.807) is 37.3 Å². The van der Waals surface area contributed by atoms with E-state index in [2.05, 4.69) is 47.2 Å². The number of rotatable bonds is 16. The van der Waals surface area contributed by atoms with Gasteiger partial charge in [0.1, 0.15) is 30.8 Å². The lowest BCUT2D eigenvalue weighted by Gasteiger charge is -2.32. The largest absolute Gasteiger partial charge is 0.489 e. The molecule has 3 heterocycles. The number of morpholine rings is 1. The number of carbonyl (C=O) groups excluding carboxylic acids is 4. The molecule has 2 aliphatic rings. The van der Waals surface area contributed by atoms with Crippen LogP contribution in [0.1, 0.15) is 41.6 Å². The van der Waals surface area contributed by atoms with Crippen molar-refractivity contribution in [1.29, 1.82) is 0 Å². The average molecular weight is 859 g/mol. The first-order chi connectivity index (χ1) is 27.4. The van der Waals surface area contributed by atoms with Crippen LogP contribution in [0.4, 0.5) is 21.1 Å². The molecular weight excluding hydrogens is 814 g/mol. The van der Waals surface area contributed by atoms with E-state index in [-0.39, 0.29) is 82.7 Å². The second-order valence-corrected chi connectivity index (χ2v) is 14.1. The minimum absolute atomic E-state index is 0.0128. The van der Waals surface area contributed by atoms with Gasteiger partial charge in [-0.25, -0.2) is 19.4 Å². The van der Waals surface area contributed by atoms with Gasteiger partial charge in [0.15, 0.2) is 11.9 Å². The van der Waals surface area contributed by atoms with Crippen molar-refractivity contribution in [2.75, 3.05) is 43.5 Å². The molecular formula is C37H44BrN7O12. The molecule has 57 heavy (non-hydrogen) atoms. The second-order valence-electron chi connectivity index (χ2n) is 13.2. The second kappa shape index (κ2) is 20.6. The number of nitrogens with one attached hydrogen (secondary N) is 4. The molecule has 0 saturated carbocycles. The number of aliphatic hydroxyl groups is 1. The normalized spacial score (nSPS) is 19.1. The number of aromatic nitrogens is 2. The van der Waals surface area contributed by atoms with Crippen LogP contribution in [0, 0.1) is 13.8 Å². The van der Waals surface area contributed by atoms with Gasteiger partial charge in [-0.1, -0.05) is 22.0 Å². The Bertz CT molecular complexity index is 1900. The third kappa shape index (κ3) is 13.0. The number of halogens is 1. The Morgan fingerprint density at radius 3 is 2.65 bits per heavy atom. The number of aryl methyl sites for hydroxylation is 2. The molecule has 2 aromatic carbocycles. The summed E-state index contributed by atoms with van der Waals surface area (Å²) in [5.74, 6) is -0.664. The highest BCUT2D eigenvalue weighted by molar-refractivity contribution is 9.10. The number of amides is 5. The smallest absolute Gasteiger partial charge is 0.410 e. The summed E-state index contributed by atoms with van der Waals surface area (Å²) in [6.07, 6.45) is -0.951. The van der Waals surface area contributed by atoms with Crippen molar-refractivity contribution in [2.24, 2.45) is 0 Å². The molecule has 5 rings (SSSR count). The van der Waals surface area contributed by atoms with E-state index >= 15 is 0 Å². The Hall–Kier alpha value is -5.57. The van der Waals surface area contributed by atoms with Crippen molar-refractivity contribution in [1.82, 2.24) is 25.5 Å². The van der Waals surface area contributed by atoms with Gasteiger partial charge in [-0.3, -0.25) is 19.9 Å². The van der Waals surface area contributed by atoms with Crippen molar-refractivity contribution in [2.45, 2.75) is 70.9 Å². The van der Waals surface area contributed by atoms with Gasteiger partial charge in [0.2, 0.25) is 18.6 Å². The van der Waals surface area contributed by atoms with E-state index in [0.717, 1.165) is 10.0 Å². The summed E-state index contributed by atoms with van der Waals surface area (Å²) < 4.78 is 29.8. The van der Waals surface area contributed by atoms with Crippen LogP contribution in [0.2, 0.25) is 0 Å². The van der Waals surface area contributed by atoms with Crippen LogP contribution in [0.5, 0.6) is 11.5 Å². The molecule has 306 valence electrons. The molecule has 2 saturated heterocycles. The molecule has 0 bridgehead atoms. The van der Waals surface area contributed by atoms with Gasteiger partial charge in [0.25, 0.3) is 0 Å². The number of carboxylic acids is 1. The van der Waals surface area contributed by atoms with Gasteiger partial charge < -0.3 is 54.7 Å². The van der Waals surface area contributed by atoms with Crippen molar-refractivity contribution in [3.63, 3.8) is 0 Å². The van der Waals surface area contributed by atoms with Gasteiger partial charge in [0, 0.05) is 48.9 Å². The first kappa shape index (κ1) is 42.6. The van der Waals surface area contributed by atoms with E-state index < -0.39 is 42.7 Å². The van der Waals surface area contributed by atoms with Crippen molar-refractivity contribution >= 4 is 57.8 Å². The maximum atomic E-state index is 13.2. The minimum Gasteiger partial charge on any atom is -0.489 e. The summed E-state index contributed by atoms with van der Waals surface area (Å²) in [6.45, 7) is 4.37. The molecule has 0 radical (unpaired) electrons. The van der Waals surface area contributed by atoms with Crippen molar-refractivity contribution < 1.29 is 57.9 Å². The van der Waals surface area contributed by atoms with Gasteiger partial charge in [-0.05, 0) is 49.2 Å². The number of benzene rings is 2. The highest BCUT2D eigenvalue weighted by Gasteiger charge is 2.34. The van der Waals surface area contributed by atoms with Crippen LogP contribution in [-0.4, -0.2) is 113 Å². The molecule has 6 N–H and O–H groups in total. The SMILES string of the molecule is Cc1cnc(NC(=O)Nc2cc(Br)c(C)cc2OCC2CN(C(=O)OCc3ccc(OC4CC(O)CC(C(=O)O)O4)c(CNC(=O)CCNC=O)c3)CCO2)cn1. The molecule has 19 nitrogen and oxygen atoms in total. The lowest BCUT2D eigenvalue weighted by Crippen LogP contribution is -2.47. The fourth-order valence-electron chi connectivity index (χ4n) is 5.74. The molecule has 5 amide bonds. The zero-order chi connectivity index (χ0) is 40.9. The Kier molecular flexibility index (Phi) is 15.3. The summed E-state index contributed by atoms with van der Waals surface area (Å²) in [6, 6.07) is 7.81. The quantitative estimate of drug-likeness (QED) is 0.0896. The predicted octanol–water partition coefficient (Wildman–Crippen LogP) is 3.00. The Morgan fingerprint density at radius 2 is 1.89 bits per heavy atom. The fraction of sp³-hybridized carbons (Fsp3) is 0.432. The van der Waals surface area contributed by atoms with Crippen molar-refractivity contribution in [3.05, 3.63) is 69.6 Å². The first-order valence-electron chi connectivity index (χ1n) is 18.0. The van der Waals surface area contributed by atoms with E-state index in [0.29, 0.717) is 34.7 Å². The summed E-state index contributed by atoms with van der Waals surface area (Å²) in [5, 5.41) is 30.2. The van der Waals surface area contributed by atoms with E-state index in [4.69, 9.17) is 23.7 Å². The number of hydrogen-bond donors (Lipinski definition) is 6. The number of urea groups is 1. The fourth-order valence-corrected chi connectivity index (χ4v) is 6.09. The molecule has 2 aliphatic heterocycles. The Morgan fingerprint density at radius 1 is 1.07 bits per heavy atom. The lowest BCUT2D eigenvalue weighted by atomic mass is 10.1. The molecule has 1 aromatic heterocycles. The first-order valence-corrected chi connectivity index (χ1v) is 18.8. The monoisotopic (exact) mass is 857 g/mol. The molecule has 3 aromatic rings. The van der Waals surface area contributed by atoms with Crippen LogP contribution < -0.4 is 30.7 Å². The van der Waals surface area contributed by atoms with Crippen LogP contribution in [0.3, 0.4) is 0 Å². The third-order valence-corrected chi connectivity index (χ3v) is 9.55. The van der Waals surface area contributed by atoms with Gasteiger partial charge in [-0.2, -0.15) is 0 Å². The van der Waals surface area contributed by atoms with Crippen LogP contribution in [-0.2, 0) is 41.7 Å². The van der Waals surface area contributed by atoms with Crippen LogP contribution >= 0.6 is 15.9 Å². The highest BCUT2D eigenvalue weighted by atomic mass is 79.9. The van der Waals surface area contributed by atoms with Crippen LogP contribution in [0.25, 0.3) is 0 Å².